The number of carboxylic acid groups (broad SMARTS) is 1. The Morgan fingerprint density at radius 1 is 1.40 bits per heavy atom. The zero-order chi connectivity index (χ0) is 14.6. The van der Waals surface area contributed by atoms with Crippen molar-refractivity contribution in [2.75, 3.05) is 0 Å². The first-order valence-electron chi connectivity index (χ1n) is 7.05. The molecule has 0 aromatic carbocycles. The van der Waals surface area contributed by atoms with Crippen LogP contribution >= 0.6 is 0 Å². The molecule has 1 aliphatic rings. The highest BCUT2D eigenvalue weighted by Gasteiger charge is 2.38. The summed E-state index contributed by atoms with van der Waals surface area (Å²) in [6.45, 7) is 1.86. The van der Waals surface area contributed by atoms with Gasteiger partial charge in [0.05, 0.1) is 18.7 Å². The molecule has 0 unspecified atom stereocenters. The average Bonchev–Trinajstić information content (AvgIpc) is 2.98. The normalized spacial score (nSPS) is 18.6. The number of carbonyl (C=O) groups excluding carboxylic acids is 1. The van der Waals surface area contributed by atoms with Gasteiger partial charge in [-0.1, -0.05) is 12.8 Å². The van der Waals surface area contributed by atoms with Gasteiger partial charge in [-0.15, -0.1) is 0 Å². The fourth-order valence-electron chi connectivity index (χ4n) is 3.10. The van der Waals surface area contributed by atoms with E-state index in [0.717, 1.165) is 25.7 Å². The molecule has 5 nitrogen and oxygen atoms in total. The largest absolute Gasteiger partial charge is 0.481 e. The van der Waals surface area contributed by atoms with Crippen molar-refractivity contribution in [3.63, 3.8) is 0 Å². The second-order valence-corrected chi connectivity index (χ2v) is 5.76. The van der Waals surface area contributed by atoms with Crippen LogP contribution < -0.4 is 5.32 Å². The van der Waals surface area contributed by atoms with Crippen molar-refractivity contribution in [1.82, 2.24) is 5.32 Å². The summed E-state index contributed by atoms with van der Waals surface area (Å²) in [4.78, 5) is 23.1. The van der Waals surface area contributed by atoms with E-state index in [1.54, 1.807) is 12.3 Å². The lowest BCUT2D eigenvalue weighted by Crippen LogP contribution is -2.33. The van der Waals surface area contributed by atoms with E-state index in [9.17, 15) is 9.59 Å². The molecule has 1 amide bonds. The number of carbonyl (C=O) groups is 2. The monoisotopic (exact) mass is 279 g/mol. The van der Waals surface area contributed by atoms with Gasteiger partial charge in [-0.3, -0.25) is 9.59 Å². The summed E-state index contributed by atoms with van der Waals surface area (Å²) in [6.07, 6.45) is 5.59. The molecule has 1 atom stereocenters. The van der Waals surface area contributed by atoms with Crippen molar-refractivity contribution in [3.8, 4) is 0 Å². The molecular weight excluding hydrogens is 258 g/mol. The minimum Gasteiger partial charge on any atom is -0.481 e. The second kappa shape index (κ2) is 6.11. The summed E-state index contributed by atoms with van der Waals surface area (Å²) in [5, 5.41) is 11.9. The predicted octanol–water partition coefficient (Wildman–Crippen LogP) is 2.88. The molecule has 2 rings (SSSR count). The Labute approximate surface area is 118 Å². The highest BCUT2D eigenvalue weighted by molar-refractivity contribution is 5.78. The minimum absolute atomic E-state index is 0.0789. The summed E-state index contributed by atoms with van der Waals surface area (Å²) < 4.78 is 5.25. The molecule has 20 heavy (non-hydrogen) atoms. The molecule has 2 N–H and O–H groups in total. The van der Waals surface area contributed by atoms with Gasteiger partial charge < -0.3 is 14.8 Å². The Balaban J connectivity index is 1.93. The molecule has 1 aromatic rings. The predicted molar refractivity (Wildman–Crippen MR) is 73.0 cm³/mol. The van der Waals surface area contributed by atoms with Crippen LogP contribution in [0.3, 0.4) is 0 Å². The number of aliphatic carboxylic acids is 1. The molecule has 5 heteroatoms. The van der Waals surface area contributed by atoms with Crippen LogP contribution in [0.25, 0.3) is 0 Å². The van der Waals surface area contributed by atoms with Gasteiger partial charge in [0.1, 0.15) is 5.76 Å². The summed E-state index contributed by atoms with van der Waals surface area (Å²) in [5.41, 5.74) is -0.362. The third kappa shape index (κ3) is 3.62. The minimum atomic E-state index is -0.821. The first kappa shape index (κ1) is 14.6. The molecular formula is C15H21NO4. The van der Waals surface area contributed by atoms with Crippen LogP contribution in [0.4, 0.5) is 0 Å². The molecule has 1 fully saturated rings. The zero-order valence-corrected chi connectivity index (χ0v) is 11.7. The Morgan fingerprint density at radius 2 is 2.10 bits per heavy atom. The van der Waals surface area contributed by atoms with Crippen molar-refractivity contribution in [1.29, 1.82) is 0 Å². The molecule has 0 aliphatic heterocycles. The topological polar surface area (TPSA) is 79.5 Å². The smallest absolute Gasteiger partial charge is 0.303 e. The van der Waals surface area contributed by atoms with Crippen LogP contribution in [-0.4, -0.2) is 17.0 Å². The van der Waals surface area contributed by atoms with Crippen LogP contribution in [0.15, 0.2) is 22.8 Å². The number of carboxylic acids is 1. The van der Waals surface area contributed by atoms with Gasteiger partial charge in [-0.05, 0) is 37.3 Å². The fraction of sp³-hybridized carbons (Fsp3) is 0.600. The van der Waals surface area contributed by atoms with E-state index in [-0.39, 0.29) is 30.2 Å². The molecule has 1 saturated carbocycles. The summed E-state index contributed by atoms with van der Waals surface area (Å²) in [7, 11) is 0. The van der Waals surface area contributed by atoms with E-state index in [0.29, 0.717) is 5.76 Å². The van der Waals surface area contributed by atoms with Gasteiger partial charge in [0.15, 0.2) is 0 Å². The molecule has 0 saturated heterocycles. The Hall–Kier alpha value is -1.78. The number of amides is 1. The lowest BCUT2D eigenvalue weighted by molar-refractivity contribution is -0.140. The average molecular weight is 279 g/mol. The van der Waals surface area contributed by atoms with Crippen molar-refractivity contribution in [2.24, 2.45) is 5.41 Å². The lowest BCUT2D eigenvalue weighted by Gasteiger charge is -2.27. The van der Waals surface area contributed by atoms with Gasteiger partial charge in [-0.2, -0.15) is 0 Å². The van der Waals surface area contributed by atoms with Crippen molar-refractivity contribution in [2.45, 2.75) is 51.5 Å². The third-order valence-electron chi connectivity index (χ3n) is 4.07. The molecule has 1 heterocycles. The highest BCUT2D eigenvalue weighted by atomic mass is 16.4. The standard InChI is InChI=1S/C15H21NO4/c1-11(12-5-4-8-20-12)16-13(17)9-15(10-14(18)19)6-2-3-7-15/h4-5,8,11H,2-3,6-7,9-10H2,1H3,(H,16,17)(H,18,19)/t11-/m0/s1. The summed E-state index contributed by atoms with van der Waals surface area (Å²) >= 11 is 0. The van der Waals surface area contributed by atoms with E-state index >= 15 is 0 Å². The molecule has 0 radical (unpaired) electrons. The molecule has 0 bridgehead atoms. The highest BCUT2D eigenvalue weighted by Crippen LogP contribution is 2.44. The molecule has 110 valence electrons. The number of hydrogen-bond acceptors (Lipinski definition) is 3. The zero-order valence-electron chi connectivity index (χ0n) is 11.7. The van der Waals surface area contributed by atoms with Crippen LogP contribution in [0, 0.1) is 5.41 Å². The summed E-state index contributed by atoms with van der Waals surface area (Å²) in [6, 6.07) is 3.40. The second-order valence-electron chi connectivity index (χ2n) is 5.76. The molecule has 1 aromatic heterocycles. The van der Waals surface area contributed by atoms with E-state index in [1.165, 1.54) is 0 Å². The first-order chi connectivity index (χ1) is 9.51. The first-order valence-corrected chi connectivity index (χ1v) is 7.05. The Morgan fingerprint density at radius 3 is 2.65 bits per heavy atom. The van der Waals surface area contributed by atoms with E-state index < -0.39 is 5.97 Å². The van der Waals surface area contributed by atoms with Crippen LogP contribution in [0.5, 0.6) is 0 Å². The number of furan rings is 1. The number of rotatable bonds is 6. The maximum atomic E-state index is 12.1. The van der Waals surface area contributed by atoms with Crippen molar-refractivity contribution < 1.29 is 19.1 Å². The van der Waals surface area contributed by atoms with Gasteiger partial charge in [-0.25, -0.2) is 0 Å². The lowest BCUT2D eigenvalue weighted by atomic mass is 9.79. The SMILES string of the molecule is C[C@H](NC(=O)CC1(CC(=O)O)CCCC1)c1ccco1. The molecule has 0 spiro atoms. The fourth-order valence-corrected chi connectivity index (χ4v) is 3.10. The quantitative estimate of drug-likeness (QED) is 0.839. The Bertz CT molecular complexity index is 460. The third-order valence-corrected chi connectivity index (χ3v) is 4.07. The number of nitrogens with one attached hydrogen (secondary N) is 1. The maximum absolute atomic E-state index is 12.1. The van der Waals surface area contributed by atoms with Crippen LogP contribution in [0.1, 0.15) is 57.3 Å². The van der Waals surface area contributed by atoms with Crippen molar-refractivity contribution >= 4 is 11.9 Å². The van der Waals surface area contributed by atoms with Crippen LogP contribution in [0.2, 0.25) is 0 Å². The van der Waals surface area contributed by atoms with Gasteiger partial charge in [0.2, 0.25) is 5.91 Å². The van der Waals surface area contributed by atoms with E-state index in [1.807, 2.05) is 13.0 Å². The summed E-state index contributed by atoms with van der Waals surface area (Å²) in [5.74, 6) is -0.215. The Kier molecular flexibility index (Phi) is 4.47. The number of hydrogen-bond donors (Lipinski definition) is 2. The van der Waals surface area contributed by atoms with Gasteiger partial charge in [0, 0.05) is 6.42 Å². The van der Waals surface area contributed by atoms with Crippen molar-refractivity contribution in [3.05, 3.63) is 24.2 Å². The van der Waals surface area contributed by atoms with E-state index in [4.69, 9.17) is 9.52 Å². The van der Waals surface area contributed by atoms with Crippen LogP contribution in [-0.2, 0) is 9.59 Å². The molecule has 1 aliphatic carbocycles. The van der Waals surface area contributed by atoms with Gasteiger partial charge >= 0.3 is 5.97 Å². The van der Waals surface area contributed by atoms with E-state index in [2.05, 4.69) is 5.32 Å². The van der Waals surface area contributed by atoms with Gasteiger partial charge in [0.25, 0.3) is 0 Å². The maximum Gasteiger partial charge on any atom is 0.303 e.